The van der Waals surface area contributed by atoms with Crippen molar-refractivity contribution in [1.82, 2.24) is 4.90 Å². The highest BCUT2D eigenvalue weighted by Crippen LogP contribution is 2.35. The first-order valence-electron chi connectivity index (χ1n) is 11.0. The van der Waals surface area contributed by atoms with Gasteiger partial charge in [-0.1, -0.05) is 24.3 Å². The maximum atomic E-state index is 12.5. The highest BCUT2D eigenvalue weighted by Gasteiger charge is 2.46. The molecule has 10 nitrogen and oxygen atoms in total. The van der Waals surface area contributed by atoms with E-state index in [2.05, 4.69) is 5.32 Å². The molecular weight excluding hydrogens is 444 g/mol. The van der Waals surface area contributed by atoms with Gasteiger partial charge in [-0.25, -0.2) is 4.79 Å². The molecule has 0 saturated carbocycles. The monoisotopic (exact) mass is 468 g/mol. The molecule has 1 saturated heterocycles. The zero-order chi connectivity index (χ0) is 24.2. The van der Waals surface area contributed by atoms with Gasteiger partial charge in [0.25, 0.3) is 5.91 Å². The Labute approximate surface area is 194 Å². The number of ether oxygens (including phenoxy) is 2. The number of para-hydroxylation sites is 1. The predicted molar refractivity (Wildman–Crippen MR) is 118 cm³/mol. The minimum atomic E-state index is -0.735. The van der Waals surface area contributed by atoms with Crippen LogP contribution in [0.25, 0.3) is 11.0 Å². The minimum Gasteiger partial charge on any atom is -0.460 e. The summed E-state index contributed by atoms with van der Waals surface area (Å²) in [6.07, 6.45) is 4.60. The summed E-state index contributed by atoms with van der Waals surface area (Å²) in [7, 11) is 0. The molecule has 1 aliphatic heterocycles. The molecule has 2 atom stereocenters. The Morgan fingerprint density at radius 3 is 2.41 bits per heavy atom. The summed E-state index contributed by atoms with van der Waals surface area (Å²) in [6.45, 7) is 1.06. The smallest absolute Gasteiger partial charge is 0.376 e. The Morgan fingerprint density at radius 1 is 1.06 bits per heavy atom. The van der Waals surface area contributed by atoms with Crippen molar-refractivity contribution in [3.63, 3.8) is 0 Å². The number of allylic oxidation sites excluding steroid dienone is 2. The van der Waals surface area contributed by atoms with Crippen molar-refractivity contribution >= 4 is 46.3 Å². The Morgan fingerprint density at radius 2 is 1.74 bits per heavy atom. The third-order valence-corrected chi connectivity index (χ3v) is 5.82. The first kappa shape index (κ1) is 23.2. The second-order valence-electron chi connectivity index (χ2n) is 7.97. The fraction of sp³-hybridized carbons (Fsp3) is 0.375. The van der Waals surface area contributed by atoms with Gasteiger partial charge in [0.15, 0.2) is 6.61 Å². The van der Waals surface area contributed by atoms with Crippen molar-refractivity contribution < 1.29 is 37.9 Å². The van der Waals surface area contributed by atoms with Crippen LogP contribution in [0.4, 0.5) is 5.69 Å². The van der Waals surface area contributed by atoms with Gasteiger partial charge in [0.1, 0.15) is 11.3 Å². The minimum absolute atomic E-state index is 0.0928. The van der Waals surface area contributed by atoms with E-state index in [1.807, 2.05) is 12.2 Å². The van der Waals surface area contributed by atoms with Gasteiger partial charge in [0, 0.05) is 11.9 Å². The number of amides is 3. The van der Waals surface area contributed by atoms with Gasteiger partial charge in [0.05, 0.1) is 24.9 Å². The summed E-state index contributed by atoms with van der Waals surface area (Å²) in [5, 5.41) is 3.03. The zero-order valence-electron chi connectivity index (χ0n) is 18.6. The number of fused-ring (bicyclic) bond motifs is 2. The van der Waals surface area contributed by atoms with E-state index < -0.39 is 24.5 Å². The van der Waals surface area contributed by atoms with Gasteiger partial charge in [-0.2, -0.15) is 0 Å². The Hall–Kier alpha value is -3.95. The van der Waals surface area contributed by atoms with E-state index >= 15 is 0 Å². The van der Waals surface area contributed by atoms with Crippen LogP contribution in [0.2, 0.25) is 0 Å². The summed E-state index contributed by atoms with van der Waals surface area (Å²) in [6, 6.07) is 6.74. The van der Waals surface area contributed by atoms with Crippen molar-refractivity contribution in [3.8, 4) is 0 Å². The predicted octanol–water partition coefficient (Wildman–Crippen LogP) is 2.43. The van der Waals surface area contributed by atoms with E-state index in [0.29, 0.717) is 23.8 Å². The van der Waals surface area contributed by atoms with Crippen LogP contribution in [0.1, 0.15) is 36.7 Å². The fourth-order valence-electron chi connectivity index (χ4n) is 4.20. The summed E-state index contributed by atoms with van der Waals surface area (Å²) in [5.41, 5.74) is 0.508. The summed E-state index contributed by atoms with van der Waals surface area (Å²) in [5.74, 6) is -3.59. The molecular formula is C24H24N2O8. The molecule has 2 heterocycles. The highest BCUT2D eigenvalue weighted by atomic mass is 16.5. The molecule has 0 radical (unpaired) electrons. The maximum Gasteiger partial charge on any atom is 0.376 e. The average molecular weight is 468 g/mol. The van der Waals surface area contributed by atoms with Gasteiger partial charge >= 0.3 is 11.9 Å². The molecule has 0 bridgehead atoms. The molecule has 0 spiro atoms. The first-order valence-corrected chi connectivity index (χ1v) is 11.0. The largest absolute Gasteiger partial charge is 0.460 e. The maximum absolute atomic E-state index is 12.5. The number of esters is 2. The molecule has 1 N–H and O–H groups in total. The third kappa shape index (κ3) is 4.57. The fourth-order valence-corrected chi connectivity index (χ4v) is 4.20. The molecule has 2 aliphatic rings. The molecule has 1 aromatic carbocycles. The van der Waals surface area contributed by atoms with Crippen LogP contribution < -0.4 is 5.32 Å². The molecule has 0 unspecified atom stereocenters. The van der Waals surface area contributed by atoms with Crippen LogP contribution in [0.3, 0.4) is 0 Å². The molecule has 1 aromatic heterocycles. The molecule has 10 heteroatoms. The molecule has 1 aliphatic carbocycles. The molecule has 1 fully saturated rings. The number of rotatable bonds is 8. The summed E-state index contributed by atoms with van der Waals surface area (Å²) < 4.78 is 15.5. The number of imide groups is 1. The zero-order valence-corrected chi connectivity index (χ0v) is 18.6. The van der Waals surface area contributed by atoms with E-state index in [0.717, 1.165) is 4.90 Å². The Balaban J connectivity index is 1.32. The summed E-state index contributed by atoms with van der Waals surface area (Å²) >= 11 is 0. The lowest BCUT2D eigenvalue weighted by atomic mass is 9.85. The molecule has 3 amide bonds. The first-order chi connectivity index (χ1) is 16.4. The number of hydrogen-bond donors (Lipinski definition) is 1. The van der Waals surface area contributed by atoms with Gasteiger partial charge in [-0.15, -0.1) is 0 Å². The number of anilines is 1. The normalized spacial score (nSPS) is 19.3. The van der Waals surface area contributed by atoms with E-state index in [4.69, 9.17) is 13.9 Å². The van der Waals surface area contributed by atoms with E-state index in [1.54, 1.807) is 31.2 Å². The second kappa shape index (κ2) is 9.90. The van der Waals surface area contributed by atoms with E-state index in [-0.39, 0.29) is 54.7 Å². The number of carbonyl (C=O) groups excluding carboxylic acids is 5. The average Bonchev–Trinajstić information content (AvgIpc) is 3.32. The number of hydrogen-bond acceptors (Lipinski definition) is 8. The van der Waals surface area contributed by atoms with Gasteiger partial charge in [-0.3, -0.25) is 24.1 Å². The number of nitrogens with one attached hydrogen (secondary N) is 1. The van der Waals surface area contributed by atoms with Crippen LogP contribution >= 0.6 is 0 Å². The van der Waals surface area contributed by atoms with Gasteiger partial charge in [0.2, 0.25) is 17.6 Å². The molecule has 178 valence electrons. The number of carbonyl (C=O) groups is 5. The topological polar surface area (TPSA) is 132 Å². The highest BCUT2D eigenvalue weighted by molar-refractivity contribution is 6.10. The SMILES string of the molecule is CCOC(=O)c1oc2ccccc2c1NC(=O)COC(=O)CCN1C(=O)[C@H]2CC=CC[C@@H]2C1=O. The van der Waals surface area contributed by atoms with Crippen molar-refractivity contribution in [2.45, 2.75) is 26.2 Å². The Kier molecular flexibility index (Phi) is 6.76. The van der Waals surface area contributed by atoms with Crippen LogP contribution in [-0.2, 0) is 28.7 Å². The lowest BCUT2D eigenvalue weighted by molar-refractivity contribution is -0.148. The van der Waals surface area contributed by atoms with E-state index in [9.17, 15) is 24.0 Å². The number of benzene rings is 1. The second-order valence-corrected chi connectivity index (χ2v) is 7.97. The number of nitrogens with zero attached hydrogens (tertiary/aromatic N) is 1. The molecule has 4 rings (SSSR count). The van der Waals surface area contributed by atoms with Gasteiger partial charge < -0.3 is 19.2 Å². The molecule has 34 heavy (non-hydrogen) atoms. The van der Waals surface area contributed by atoms with Crippen molar-refractivity contribution in [1.29, 1.82) is 0 Å². The summed E-state index contributed by atoms with van der Waals surface area (Å²) in [4.78, 5) is 62.8. The third-order valence-electron chi connectivity index (χ3n) is 5.82. The standard InChI is InChI=1S/C24H24N2O8/c1-2-32-24(31)21-20(16-9-5-6-10-17(16)34-21)25-18(27)13-33-19(28)11-12-26-22(29)14-7-3-4-8-15(14)23(26)30/h3-6,9-10,14-15H,2,7-8,11-13H2,1H3,(H,25,27)/t14-,15-/m0/s1. The Bertz CT molecular complexity index is 1150. The lowest BCUT2D eigenvalue weighted by Gasteiger charge is -2.14. The van der Waals surface area contributed by atoms with Crippen molar-refractivity contribution in [3.05, 3.63) is 42.2 Å². The lowest BCUT2D eigenvalue weighted by Crippen LogP contribution is -2.33. The number of furan rings is 1. The van der Waals surface area contributed by atoms with Crippen molar-refractivity contribution in [2.75, 3.05) is 25.1 Å². The van der Waals surface area contributed by atoms with E-state index in [1.165, 1.54) is 0 Å². The molecule has 2 aromatic rings. The number of likely N-dealkylation sites (tertiary alicyclic amines) is 1. The van der Waals surface area contributed by atoms with Crippen LogP contribution in [0.15, 0.2) is 40.8 Å². The van der Waals surface area contributed by atoms with Crippen LogP contribution in [-0.4, -0.2) is 54.3 Å². The van der Waals surface area contributed by atoms with Gasteiger partial charge in [-0.05, 0) is 31.9 Å². The quantitative estimate of drug-likeness (QED) is 0.355. The van der Waals surface area contributed by atoms with Crippen LogP contribution in [0.5, 0.6) is 0 Å². The van der Waals surface area contributed by atoms with Crippen molar-refractivity contribution in [2.24, 2.45) is 11.8 Å². The van der Waals surface area contributed by atoms with Crippen LogP contribution in [0, 0.1) is 11.8 Å².